The van der Waals surface area contributed by atoms with Crippen LogP contribution < -0.4 is 0 Å². The van der Waals surface area contributed by atoms with E-state index in [4.69, 9.17) is 0 Å². The lowest BCUT2D eigenvalue weighted by molar-refractivity contribution is 0.500. The second kappa shape index (κ2) is 7.72. The van der Waals surface area contributed by atoms with Gasteiger partial charge in [0.05, 0.1) is 0 Å². The van der Waals surface area contributed by atoms with E-state index in [1.165, 1.54) is 64.2 Å². The molecule has 0 aliphatic heterocycles. The minimum absolute atomic E-state index is 0.886. The van der Waals surface area contributed by atoms with Crippen molar-refractivity contribution in [3.8, 4) is 0 Å². The van der Waals surface area contributed by atoms with Crippen LogP contribution in [0, 0.1) is 5.92 Å². The fourth-order valence-corrected chi connectivity index (χ4v) is 3.26. The molecular weight excluding hydrogens is 228 g/mol. The normalized spacial score (nSPS) is 18.3. The third-order valence-corrected chi connectivity index (χ3v) is 4.56. The van der Waals surface area contributed by atoms with Gasteiger partial charge in [0, 0.05) is 0 Å². The molecule has 1 aliphatic carbocycles. The first-order valence-corrected chi connectivity index (χ1v) is 8.40. The minimum atomic E-state index is 0.886. The van der Waals surface area contributed by atoms with Gasteiger partial charge in [-0.05, 0) is 54.7 Å². The van der Waals surface area contributed by atoms with Crippen molar-refractivity contribution >= 4 is 0 Å². The Bertz CT molecular complexity index is 378. The van der Waals surface area contributed by atoms with Crippen molar-refractivity contribution in [3.05, 3.63) is 34.9 Å². The van der Waals surface area contributed by atoms with E-state index in [0.717, 1.165) is 5.92 Å². The van der Waals surface area contributed by atoms with Crippen LogP contribution in [-0.4, -0.2) is 0 Å². The summed E-state index contributed by atoms with van der Waals surface area (Å²) in [5.41, 5.74) is 4.83. The van der Waals surface area contributed by atoms with Crippen LogP contribution in [0.15, 0.2) is 18.2 Å². The van der Waals surface area contributed by atoms with Crippen molar-refractivity contribution < 1.29 is 0 Å². The minimum Gasteiger partial charge on any atom is -0.0654 e. The van der Waals surface area contributed by atoms with E-state index in [1.807, 2.05) is 0 Å². The smallest absolute Gasteiger partial charge is 0.0250 e. The van der Waals surface area contributed by atoms with Gasteiger partial charge in [0.1, 0.15) is 0 Å². The summed E-state index contributed by atoms with van der Waals surface area (Å²) < 4.78 is 0. The summed E-state index contributed by atoms with van der Waals surface area (Å²) in [4.78, 5) is 0. The molecule has 0 nitrogen and oxygen atoms in total. The molecule has 106 valence electrons. The van der Waals surface area contributed by atoms with Gasteiger partial charge < -0.3 is 0 Å². The van der Waals surface area contributed by atoms with Crippen LogP contribution in [0.1, 0.15) is 75.5 Å². The zero-order valence-corrected chi connectivity index (χ0v) is 12.9. The SMILES string of the molecule is CCCCCCCCc1ccc2c(c1)CC[C@H](C)C2. The summed E-state index contributed by atoms with van der Waals surface area (Å²) in [5.74, 6) is 0.886. The van der Waals surface area contributed by atoms with Gasteiger partial charge in [0.15, 0.2) is 0 Å². The van der Waals surface area contributed by atoms with E-state index in [-0.39, 0.29) is 0 Å². The summed E-state index contributed by atoms with van der Waals surface area (Å²) in [5, 5.41) is 0. The fourth-order valence-electron chi connectivity index (χ4n) is 3.26. The van der Waals surface area contributed by atoms with Gasteiger partial charge in [-0.25, -0.2) is 0 Å². The van der Waals surface area contributed by atoms with Crippen LogP contribution >= 0.6 is 0 Å². The van der Waals surface area contributed by atoms with Gasteiger partial charge >= 0.3 is 0 Å². The number of fused-ring (bicyclic) bond motifs is 1. The second-order valence-corrected chi connectivity index (χ2v) is 6.47. The van der Waals surface area contributed by atoms with E-state index in [0.29, 0.717) is 0 Å². The number of unbranched alkanes of at least 4 members (excludes halogenated alkanes) is 5. The molecule has 19 heavy (non-hydrogen) atoms. The summed E-state index contributed by atoms with van der Waals surface area (Å²) in [6, 6.07) is 7.27. The molecule has 0 amide bonds. The Kier molecular flexibility index (Phi) is 5.94. The van der Waals surface area contributed by atoms with Gasteiger partial charge in [0.25, 0.3) is 0 Å². The maximum absolute atomic E-state index is 2.49. The topological polar surface area (TPSA) is 0 Å². The number of aryl methyl sites for hydroxylation is 2. The lowest BCUT2D eigenvalue weighted by atomic mass is 9.84. The standard InChI is InChI=1S/C19H30/c1-3-4-5-6-7-8-9-17-11-13-18-14-16(2)10-12-19(18)15-17/h11,13,15-16H,3-10,12,14H2,1-2H3/t16-/m0/s1. The molecule has 1 aliphatic rings. The van der Waals surface area contributed by atoms with E-state index < -0.39 is 0 Å². The zero-order valence-electron chi connectivity index (χ0n) is 12.9. The van der Waals surface area contributed by atoms with E-state index in [1.54, 1.807) is 16.7 Å². The van der Waals surface area contributed by atoms with E-state index in [9.17, 15) is 0 Å². The molecule has 0 unspecified atom stereocenters. The Morgan fingerprint density at radius 1 is 1.00 bits per heavy atom. The van der Waals surface area contributed by atoms with Crippen molar-refractivity contribution in [2.24, 2.45) is 5.92 Å². The fraction of sp³-hybridized carbons (Fsp3) is 0.684. The molecule has 0 heteroatoms. The molecular formula is C19H30. The summed E-state index contributed by atoms with van der Waals surface area (Å²) in [6.45, 7) is 4.67. The average molecular weight is 258 g/mol. The number of rotatable bonds is 7. The molecule has 0 radical (unpaired) electrons. The highest BCUT2D eigenvalue weighted by atomic mass is 14.2. The molecule has 0 bridgehead atoms. The number of hydrogen-bond donors (Lipinski definition) is 0. The first-order valence-electron chi connectivity index (χ1n) is 8.40. The lowest BCUT2D eigenvalue weighted by Gasteiger charge is -2.22. The van der Waals surface area contributed by atoms with Crippen LogP contribution in [0.4, 0.5) is 0 Å². The molecule has 0 saturated heterocycles. The summed E-state index contributed by atoms with van der Waals surface area (Å²) >= 11 is 0. The molecule has 1 aromatic rings. The van der Waals surface area contributed by atoms with Crippen LogP contribution in [0.25, 0.3) is 0 Å². The number of benzene rings is 1. The lowest BCUT2D eigenvalue weighted by Crippen LogP contribution is -2.11. The van der Waals surface area contributed by atoms with Crippen molar-refractivity contribution in [1.82, 2.24) is 0 Å². The Hall–Kier alpha value is -0.780. The largest absolute Gasteiger partial charge is 0.0654 e. The second-order valence-electron chi connectivity index (χ2n) is 6.47. The maximum atomic E-state index is 2.49. The van der Waals surface area contributed by atoms with Gasteiger partial charge in [-0.2, -0.15) is 0 Å². The van der Waals surface area contributed by atoms with Crippen LogP contribution in [0.3, 0.4) is 0 Å². The first-order chi connectivity index (χ1) is 9.29. The van der Waals surface area contributed by atoms with Crippen LogP contribution in [0.5, 0.6) is 0 Å². The first kappa shape index (κ1) is 14.6. The highest BCUT2D eigenvalue weighted by molar-refractivity contribution is 5.34. The molecule has 1 atom stereocenters. The Balaban J connectivity index is 1.76. The maximum Gasteiger partial charge on any atom is -0.0250 e. The number of hydrogen-bond acceptors (Lipinski definition) is 0. The predicted molar refractivity (Wildman–Crippen MR) is 84.7 cm³/mol. The summed E-state index contributed by atoms with van der Waals surface area (Å²) in [7, 11) is 0. The quantitative estimate of drug-likeness (QED) is 0.549. The monoisotopic (exact) mass is 258 g/mol. The molecule has 2 rings (SSSR count). The van der Waals surface area contributed by atoms with Gasteiger partial charge in [-0.3, -0.25) is 0 Å². The Morgan fingerprint density at radius 3 is 2.63 bits per heavy atom. The van der Waals surface area contributed by atoms with E-state index >= 15 is 0 Å². The van der Waals surface area contributed by atoms with Crippen molar-refractivity contribution in [3.63, 3.8) is 0 Å². The van der Waals surface area contributed by atoms with Crippen LogP contribution in [0.2, 0.25) is 0 Å². The molecule has 0 saturated carbocycles. The Labute approximate surface area is 119 Å². The highest BCUT2D eigenvalue weighted by Crippen LogP contribution is 2.26. The van der Waals surface area contributed by atoms with Crippen LogP contribution in [-0.2, 0) is 19.3 Å². The third-order valence-electron chi connectivity index (χ3n) is 4.56. The molecule has 0 fully saturated rings. The predicted octanol–water partition coefficient (Wildman–Crippen LogP) is 5.71. The average Bonchev–Trinajstić information content (AvgIpc) is 2.43. The molecule has 0 N–H and O–H groups in total. The Morgan fingerprint density at radius 2 is 1.79 bits per heavy atom. The van der Waals surface area contributed by atoms with Gasteiger partial charge in [-0.15, -0.1) is 0 Å². The molecule has 0 spiro atoms. The van der Waals surface area contributed by atoms with E-state index in [2.05, 4.69) is 32.0 Å². The van der Waals surface area contributed by atoms with Crippen molar-refractivity contribution in [1.29, 1.82) is 0 Å². The van der Waals surface area contributed by atoms with Gasteiger partial charge in [-0.1, -0.05) is 64.2 Å². The zero-order chi connectivity index (χ0) is 13.5. The van der Waals surface area contributed by atoms with Crippen molar-refractivity contribution in [2.75, 3.05) is 0 Å². The van der Waals surface area contributed by atoms with Crippen molar-refractivity contribution in [2.45, 2.75) is 78.1 Å². The molecule has 0 aromatic heterocycles. The van der Waals surface area contributed by atoms with Gasteiger partial charge in [0.2, 0.25) is 0 Å². The molecule has 1 aromatic carbocycles. The third kappa shape index (κ3) is 4.67. The summed E-state index contributed by atoms with van der Waals surface area (Å²) in [6.07, 6.45) is 13.7. The highest BCUT2D eigenvalue weighted by Gasteiger charge is 2.14. The molecule has 0 heterocycles.